The van der Waals surface area contributed by atoms with Crippen LogP contribution in [0.5, 0.6) is 0 Å². The Labute approximate surface area is 115 Å². The Balaban J connectivity index is 0.000000286. The molecule has 9 heteroatoms. The third-order valence-corrected chi connectivity index (χ3v) is 2.74. The lowest BCUT2D eigenvalue weighted by atomic mass is 10.1. The third kappa shape index (κ3) is 4.53. The van der Waals surface area contributed by atoms with Gasteiger partial charge in [-0.15, -0.1) is 0 Å². The Bertz CT molecular complexity index is 729. The quantitative estimate of drug-likeness (QED) is 0.265. The van der Waals surface area contributed by atoms with Gasteiger partial charge in [-0.3, -0.25) is 14.3 Å². The molecule has 0 atom stereocenters. The Hall–Kier alpha value is -2.10. The van der Waals surface area contributed by atoms with Crippen molar-refractivity contribution in [1.82, 2.24) is 0 Å². The Morgan fingerprint density at radius 1 is 1.30 bits per heavy atom. The summed E-state index contributed by atoms with van der Waals surface area (Å²) in [6.45, 7) is 0. The molecule has 0 aliphatic rings. The van der Waals surface area contributed by atoms with E-state index in [4.69, 9.17) is 0 Å². The smallest absolute Gasteiger partial charge is 0.277 e. The van der Waals surface area contributed by atoms with Gasteiger partial charge in [0.15, 0.2) is 12.4 Å². The molecule has 2 aromatic rings. The van der Waals surface area contributed by atoms with Crippen LogP contribution in [-0.4, -0.2) is 25.0 Å². The van der Waals surface area contributed by atoms with E-state index in [0.29, 0.717) is 5.39 Å². The monoisotopic (exact) mass is 300 g/mol. The first-order chi connectivity index (χ1) is 9.24. The van der Waals surface area contributed by atoms with E-state index in [0.717, 1.165) is 12.5 Å². The normalized spacial score (nSPS) is 10.8. The number of nitro benzene ring substituents is 1. The molecule has 0 saturated carbocycles. The van der Waals surface area contributed by atoms with E-state index in [1.54, 1.807) is 18.3 Å². The molecule has 0 bridgehead atoms. The van der Waals surface area contributed by atoms with Crippen molar-refractivity contribution in [3.05, 3.63) is 46.8 Å². The number of hydrogen-bond donors (Lipinski definition) is 0. The molecule has 0 saturated heterocycles. The van der Waals surface area contributed by atoms with Crippen molar-refractivity contribution in [2.75, 3.05) is 7.11 Å². The number of aryl methyl sites for hydroxylation is 1. The molecule has 0 amide bonds. The maximum atomic E-state index is 10.7. The second kappa shape index (κ2) is 6.37. The number of hydrogen-bond acceptors (Lipinski definition) is 6. The molecule has 0 fully saturated rings. The molecule has 1 aromatic heterocycles. The van der Waals surface area contributed by atoms with Gasteiger partial charge in [0, 0.05) is 12.1 Å². The minimum Gasteiger partial charge on any atom is -0.726 e. The van der Waals surface area contributed by atoms with Gasteiger partial charge in [0.05, 0.1) is 22.8 Å². The standard InChI is InChI=1S/C10H9N2O2.CH4O4S/c1-11-6-5-9-8(7-11)3-2-4-10(9)12(13)14;1-5-6(2,3)4/h2-7H,1H3;1H3,(H,2,3,4)/q+1;/p-1. The molecule has 20 heavy (non-hydrogen) atoms. The topological polar surface area (TPSA) is 113 Å². The van der Waals surface area contributed by atoms with E-state index in [9.17, 15) is 23.1 Å². The van der Waals surface area contributed by atoms with Crippen LogP contribution in [0.1, 0.15) is 0 Å². The molecule has 2 rings (SSSR count). The maximum Gasteiger partial charge on any atom is 0.277 e. The number of pyridine rings is 1. The van der Waals surface area contributed by atoms with Crippen LogP contribution in [0.25, 0.3) is 10.8 Å². The predicted octanol–water partition coefficient (Wildman–Crippen LogP) is 0.666. The fraction of sp³-hybridized carbons (Fsp3) is 0.182. The van der Waals surface area contributed by atoms with Gasteiger partial charge in [-0.1, -0.05) is 6.07 Å². The number of nitrogens with zero attached hydrogens (tertiary/aromatic N) is 2. The van der Waals surface area contributed by atoms with Crippen molar-refractivity contribution < 1.29 is 26.6 Å². The number of aromatic nitrogens is 1. The number of rotatable bonds is 2. The highest BCUT2D eigenvalue weighted by atomic mass is 32.3. The van der Waals surface area contributed by atoms with Crippen molar-refractivity contribution in [1.29, 1.82) is 0 Å². The van der Waals surface area contributed by atoms with Crippen LogP contribution in [-0.2, 0) is 21.6 Å². The molecule has 0 aliphatic heterocycles. The fourth-order valence-corrected chi connectivity index (χ4v) is 1.48. The first kappa shape index (κ1) is 16.0. The minimum absolute atomic E-state index is 0.156. The largest absolute Gasteiger partial charge is 0.726 e. The van der Waals surface area contributed by atoms with Crippen molar-refractivity contribution in [3.63, 3.8) is 0 Å². The summed E-state index contributed by atoms with van der Waals surface area (Å²) in [6, 6.07) is 6.83. The summed E-state index contributed by atoms with van der Waals surface area (Å²) in [5.41, 5.74) is 0.156. The van der Waals surface area contributed by atoms with Gasteiger partial charge < -0.3 is 4.55 Å². The van der Waals surface area contributed by atoms with Gasteiger partial charge in [0.25, 0.3) is 5.69 Å². The zero-order valence-electron chi connectivity index (χ0n) is 10.7. The van der Waals surface area contributed by atoms with Gasteiger partial charge in [-0.05, 0) is 6.07 Å². The Kier molecular flexibility index (Phi) is 5.08. The van der Waals surface area contributed by atoms with Crippen LogP contribution < -0.4 is 4.57 Å². The second-order valence-corrected chi connectivity index (χ2v) is 4.87. The summed E-state index contributed by atoms with van der Waals surface area (Å²) in [7, 11) is -1.72. The van der Waals surface area contributed by atoms with Crippen molar-refractivity contribution in [3.8, 4) is 0 Å². The highest BCUT2D eigenvalue weighted by Crippen LogP contribution is 2.23. The lowest BCUT2D eigenvalue weighted by Gasteiger charge is -1.98. The first-order valence-electron chi connectivity index (χ1n) is 5.28. The second-order valence-electron chi connectivity index (χ2n) is 3.72. The van der Waals surface area contributed by atoms with Crippen LogP contribution in [0.4, 0.5) is 5.69 Å². The van der Waals surface area contributed by atoms with E-state index in [2.05, 4.69) is 4.18 Å². The van der Waals surface area contributed by atoms with Crippen LogP contribution in [0.3, 0.4) is 0 Å². The average molecular weight is 300 g/mol. The van der Waals surface area contributed by atoms with Gasteiger partial charge in [-0.25, -0.2) is 13.0 Å². The number of benzene rings is 1. The molecular weight excluding hydrogens is 288 g/mol. The minimum atomic E-state index is -4.41. The van der Waals surface area contributed by atoms with Gasteiger partial charge in [0.2, 0.25) is 10.4 Å². The summed E-state index contributed by atoms with van der Waals surface area (Å²) in [4.78, 5) is 10.3. The zero-order chi connectivity index (χ0) is 15.3. The molecule has 0 N–H and O–H groups in total. The van der Waals surface area contributed by atoms with E-state index in [-0.39, 0.29) is 10.6 Å². The predicted molar refractivity (Wildman–Crippen MR) is 68.5 cm³/mol. The van der Waals surface area contributed by atoms with E-state index in [1.165, 1.54) is 6.07 Å². The van der Waals surface area contributed by atoms with Gasteiger partial charge in [0.1, 0.15) is 7.05 Å². The summed E-state index contributed by atoms with van der Waals surface area (Å²) >= 11 is 0. The molecule has 0 unspecified atom stereocenters. The first-order valence-corrected chi connectivity index (χ1v) is 6.62. The SMILES string of the molecule is COS(=O)(=O)[O-].C[n+]1ccc2c([N+](=O)[O-])cccc2c1. The van der Waals surface area contributed by atoms with Crippen LogP contribution >= 0.6 is 0 Å². The summed E-state index contributed by atoms with van der Waals surface area (Å²) in [5.74, 6) is 0. The summed E-state index contributed by atoms with van der Waals surface area (Å²) < 4.78 is 32.9. The molecule has 0 radical (unpaired) electrons. The molecule has 108 valence electrons. The molecule has 8 nitrogen and oxygen atoms in total. The molecule has 0 spiro atoms. The fourth-order valence-electron chi connectivity index (χ4n) is 1.48. The average Bonchev–Trinajstić information content (AvgIpc) is 2.37. The van der Waals surface area contributed by atoms with E-state index in [1.807, 2.05) is 23.9 Å². The molecular formula is C11H12N2O6S. The molecule has 0 aliphatic carbocycles. The van der Waals surface area contributed by atoms with Crippen LogP contribution in [0.15, 0.2) is 36.7 Å². The third-order valence-electron chi connectivity index (χ3n) is 2.34. The number of nitro groups is 1. The Morgan fingerprint density at radius 3 is 2.40 bits per heavy atom. The number of fused-ring (bicyclic) bond motifs is 1. The maximum absolute atomic E-state index is 10.7. The Morgan fingerprint density at radius 2 is 1.90 bits per heavy atom. The zero-order valence-corrected chi connectivity index (χ0v) is 11.5. The summed E-state index contributed by atoms with van der Waals surface area (Å²) in [5, 5.41) is 12.3. The van der Waals surface area contributed by atoms with Gasteiger partial charge >= 0.3 is 0 Å². The highest BCUT2D eigenvalue weighted by Gasteiger charge is 2.12. The lowest BCUT2D eigenvalue weighted by Crippen LogP contribution is -2.25. The van der Waals surface area contributed by atoms with Crippen molar-refractivity contribution in [2.45, 2.75) is 0 Å². The number of non-ortho nitro benzene ring substituents is 1. The summed E-state index contributed by atoms with van der Waals surface area (Å²) in [6.07, 6.45) is 3.66. The molecule has 1 aromatic carbocycles. The lowest BCUT2D eigenvalue weighted by molar-refractivity contribution is -0.670. The van der Waals surface area contributed by atoms with E-state index < -0.39 is 10.4 Å². The molecule has 1 heterocycles. The van der Waals surface area contributed by atoms with Crippen LogP contribution in [0.2, 0.25) is 0 Å². The van der Waals surface area contributed by atoms with E-state index >= 15 is 0 Å². The highest BCUT2D eigenvalue weighted by molar-refractivity contribution is 7.80. The van der Waals surface area contributed by atoms with Crippen molar-refractivity contribution in [2.24, 2.45) is 7.05 Å². The van der Waals surface area contributed by atoms with Crippen LogP contribution in [0, 0.1) is 10.1 Å². The van der Waals surface area contributed by atoms with Gasteiger partial charge in [-0.2, -0.15) is 0 Å². The van der Waals surface area contributed by atoms with Crippen molar-refractivity contribution >= 4 is 26.9 Å².